The molecular formula is C10H19F2O4P. The molecule has 0 aromatic rings. The molecule has 102 valence electrons. The molecule has 0 bridgehead atoms. The Morgan fingerprint density at radius 2 is 1.88 bits per heavy atom. The SMILES string of the molecule is CCOP(=O)(OCC)C(F)(F)[C@@H]1C[C@H]1[C@H](C)O. The fourth-order valence-electron chi connectivity index (χ4n) is 1.90. The maximum atomic E-state index is 14.0. The van der Waals surface area contributed by atoms with Crippen LogP contribution in [0.1, 0.15) is 27.2 Å². The molecule has 0 spiro atoms. The van der Waals surface area contributed by atoms with Gasteiger partial charge in [-0.15, -0.1) is 0 Å². The summed E-state index contributed by atoms with van der Waals surface area (Å²) in [7, 11) is -4.44. The zero-order valence-electron chi connectivity index (χ0n) is 10.2. The topological polar surface area (TPSA) is 55.8 Å². The Morgan fingerprint density at radius 3 is 2.18 bits per heavy atom. The summed E-state index contributed by atoms with van der Waals surface area (Å²) in [5.74, 6) is -1.65. The zero-order chi connectivity index (χ0) is 13.3. The van der Waals surface area contributed by atoms with Crippen LogP contribution < -0.4 is 0 Å². The summed E-state index contributed by atoms with van der Waals surface area (Å²) in [6.07, 6.45) is -0.683. The fraction of sp³-hybridized carbons (Fsp3) is 1.00. The molecule has 1 aliphatic carbocycles. The van der Waals surface area contributed by atoms with Crippen LogP contribution in [0.5, 0.6) is 0 Å². The third kappa shape index (κ3) is 2.87. The molecule has 17 heavy (non-hydrogen) atoms. The Labute approximate surface area is 99.8 Å². The molecule has 0 aromatic carbocycles. The van der Waals surface area contributed by atoms with E-state index < -0.39 is 31.2 Å². The molecule has 0 heterocycles. The number of aliphatic hydroxyl groups excluding tert-OH is 1. The zero-order valence-corrected chi connectivity index (χ0v) is 11.1. The third-order valence-corrected chi connectivity index (χ3v) is 5.13. The van der Waals surface area contributed by atoms with Crippen LogP contribution in [-0.2, 0) is 13.6 Å². The molecule has 1 N–H and O–H groups in total. The normalized spacial score (nSPS) is 26.9. The van der Waals surface area contributed by atoms with Crippen LogP contribution in [0.3, 0.4) is 0 Å². The molecule has 1 aliphatic rings. The average molecular weight is 272 g/mol. The summed E-state index contributed by atoms with van der Waals surface area (Å²) >= 11 is 0. The molecule has 0 amide bonds. The van der Waals surface area contributed by atoms with Crippen LogP contribution in [0.25, 0.3) is 0 Å². The van der Waals surface area contributed by atoms with Crippen molar-refractivity contribution in [2.75, 3.05) is 13.2 Å². The maximum Gasteiger partial charge on any atom is 0.399 e. The van der Waals surface area contributed by atoms with Crippen LogP contribution in [0.15, 0.2) is 0 Å². The molecular weight excluding hydrogens is 253 g/mol. The number of aliphatic hydroxyl groups is 1. The molecule has 7 heteroatoms. The van der Waals surface area contributed by atoms with Gasteiger partial charge in [0.15, 0.2) is 0 Å². The second kappa shape index (κ2) is 5.31. The standard InChI is InChI=1S/C10H19F2O4P/c1-4-15-17(14,16-5-2)10(11,12)9-6-8(9)7(3)13/h7-9,13H,4-6H2,1-3H3/t7-,8-,9+/m0/s1. The number of hydrogen-bond donors (Lipinski definition) is 1. The smallest absolute Gasteiger partial charge is 0.393 e. The van der Waals surface area contributed by atoms with Gasteiger partial charge in [-0.1, -0.05) is 0 Å². The van der Waals surface area contributed by atoms with Gasteiger partial charge in [-0.2, -0.15) is 8.78 Å². The highest BCUT2D eigenvalue weighted by atomic mass is 31.2. The van der Waals surface area contributed by atoms with E-state index in [1.54, 1.807) is 0 Å². The first-order valence-electron chi connectivity index (χ1n) is 5.75. The van der Waals surface area contributed by atoms with E-state index in [0.717, 1.165) is 0 Å². The van der Waals surface area contributed by atoms with E-state index in [2.05, 4.69) is 9.05 Å². The lowest BCUT2D eigenvalue weighted by Gasteiger charge is -2.26. The van der Waals surface area contributed by atoms with Crippen molar-refractivity contribution in [3.05, 3.63) is 0 Å². The first-order chi connectivity index (χ1) is 7.80. The Morgan fingerprint density at radius 1 is 1.41 bits per heavy atom. The molecule has 0 aromatic heterocycles. The summed E-state index contributed by atoms with van der Waals surface area (Å²) < 4.78 is 49.4. The molecule has 1 fully saturated rings. The van der Waals surface area contributed by atoms with Gasteiger partial charge in [-0.25, -0.2) is 0 Å². The van der Waals surface area contributed by atoms with Gasteiger partial charge in [-0.3, -0.25) is 4.57 Å². The van der Waals surface area contributed by atoms with E-state index in [9.17, 15) is 18.5 Å². The predicted molar refractivity (Wildman–Crippen MR) is 59.1 cm³/mol. The predicted octanol–water partition coefficient (Wildman–Crippen LogP) is 2.86. The molecule has 0 radical (unpaired) electrons. The summed E-state index contributed by atoms with van der Waals surface area (Å²) in [6, 6.07) is 0. The Balaban J connectivity index is 2.83. The maximum absolute atomic E-state index is 14.0. The van der Waals surface area contributed by atoms with Crippen LogP contribution in [0.2, 0.25) is 0 Å². The third-order valence-electron chi connectivity index (χ3n) is 2.87. The lowest BCUT2D eigenvalue weighted by atomic mass is 10.2. The number of halogens is 2. The van der Waals surface area contributed by atoms with Gasteiger partial charge in [-0.05, 0) is 33.1 Å². The van der Waals surface area contributed by atoms with E-state index in [0.29, 0.717) is 0 Å². The molecule has 3 atom stereocenters. The van der Waals surface area contributed by atoms with E-state index >= 15 is 0 Å². The first-order valence-corrected chi connectivity index (χ1v) is 7.29. The summed E-state index contributed by atoms with van der Waals surface area (Å²) in [4.78, 5) is 0. The number of hydrogen-bond acceptors (Lipinski definition) is 4. The van der Waals surface area contributed by atoms with Crippen molar-refractivity contribution < 1.29 is 27.5 Å². The highest BCUT2D eigenvalue weighted by Gasteiger charge is 2.67. The minimum atomic E-state index is -4.44. The van der Waals surface area contributed by atoms with Crippen LogP contribution in [0, 0.1) is 11.8 Å². The highest BCUT2D eigenvalue weighted by molar-refractivity contribution is 7.55. The molecule has 4 nitrogen and oxygen atoms in total. The summed E-state index contributed by atoms with van der Waals surface area (Å²) in [6.45, 7) is 4.23. The quantitative estimate of drug-likeness (QED) is 0.724. The molecule has 0 unspecified atom stereocenters. The number of rotatable bonds is 7. The van der Waals surface area contributed by atoms with Crippen molar-refractivity contribution in [2.45, 2.75) is 39.0 Å². The molecule has 1 rings (SSSR count). The second-order valence-electron chi connectivity index (χ2n) is 4.17. The van der Waals surface area contributed by atoms with Crippen molar-refractivity contribution in [1.82, 2.24) is 0 Å². The van der Waals surface area contributed by atoms with Gasteiger partial charge < -0.3 is 14.2 Å². The first kappa shape index (κ1) is 15.0. The minimum Gasteiger partial charge on any atom is -0.393 e. The van der Waals surface area contributed by atoms with Crippen molar-refractivity contribution in [3.63, 3.8) is 0 Å². The van der Waals surface area contributed by atoms with Crippen molar-refractivity contribution in [3.8, 4) is 0 Å². The molecule has 0 saturated heterocycles. The molecule has 0 aliphatic heterocycles. The summed E-state index contributed by atoms with van der Waals surface area (Å²) in [5, 5.41) is 9.25. The lowest BCUT2D eigenvalue weighted by Crippen LogP contribution is -2.25. The lowest BCUT2D eigenvalue weighted by molar-refractivity contribution is 0.00752. The Bertz CT molecular complexity index is 299. The van der Waals surface area contributed by atoms with E-state index in [1.807, 2.05) is 0 Å². The van der Waals surface area contributed by atoms with Crippen molar-refractivity contribution >= 4 is 7.60 Å². The van der Waals surface area contributed by atoms with Gasteiger partial charge in [0.05, 0.1) is 19.3 Å². The number of alkyl halides is 2. The molecule has 1 saturated carbocycles. The summed E-state index contributed by atoms with van der Waals surface area (Å²) in [5.41, 5.74) is -3.53. The second-order valence-corrected chi connectivity index (χ2v) is 6.28. The highest BCUT2D eigenvalue weighted by Crippen LogP contribution is 2.71. The average Bonchev–Trinajstić information content (AvgIpc) is 2.97. The van der Waals surface area contributed by atoms with Gasteiger partial charge in [0.1, 0.15) is 0 Å². The Hall–Kier alpha value is -0.0300. The van der Waals surface area contributed by atoms with Crippen molar-refractivity contribution in [1.29, 1.82) is 0 Å². The van der Waals surface area contributed by atoms with Gasteiger partial charge in [0.25, 0.3) is 0 Å². The van der Waals surface area contributed by atoms with Gasteiger partial charge >= 0.3 is 13.3 Å². The van der Waals surface area contributed by atoms with E-state index in [1.165, 1.54) is 20.8 Å². The van der Waals surface area contributed by atoms with E-state index in [-0.39, 0.29) is 19.6 Å². The largest absolute Gasteiger partial charge is 0.399 e. The van der Waals surface area contributed by atoms with E-state index in [4.69, 9.17) is 0 Å². The van der Waals surface area contributed by atoms with Crippen molar-refractivity contribution in [2.24, 2.45) is 11.8 Å². The van der Waals surface area contributed by atoms with Gasteiger partial charge in [0.2, 0.25) is 0 Å². The minimum absolute atomic E-state index is 0.0983. The van der Waals surface area contributed by atoms with Crippen LogP contribution in [-0.4, -0.2) is 30.1 Å². The monoisotopic (exact) mass is 272 g/mol. The van der Waals surface area contributed by atoms with Gasteiger partial charge in [0, 0.05) is 5.92 Å². The van der Waals surface area contributed by atoms with Crippen LogP contribution in [0.4, 0.5) is 8.78 Å². The Kier molecular flexibility index (Phi) is 4.69. The fourth-order valence-corrected chi connectivity index (χ4v) is 3.70. The van der Waals surface area contributed by atoms with Crippen LogP contribution >= 0.6 is 7.60 Å².